The second-order valence-electron chi connectivity index (χ2n) is 10.5. The largest absolute Gasteiger partial charge is 0.744 e. The molecule has 0 atom stereocenters. The van der Waals surface area contributed by atoms with E-state index in [1.165, 1.54) is 75.5 Å². The molecule has 3 rings (SSSR count). The van der Waals surface area contributed by atoms with Crippen LogP contribution < -0.4 is 4.57 Å². The van der Waals surface area contributed by atoms with Crippen LogP contribution in [0.15, 0.2) is 83.9 Å². The van der Waals surface area contributed by atoms with E-state index < -0.39 is 10.1 Å². The molecule has 0 aliphatic heterocycles. The van der Waals surface area contributed by atoms with E-state index in [0.29, 0.717) is 5.69 Å². The van der Waals surface area contributed by atoms with Crippen LogP contribution in [-0.4, -0.2) is 13.0 Å². The fourth-order valence-electron chi connectivity index (χ4n) is 4.65. The molecule has 5 nitrogen and oxygen atoms in total. The highest BCUT2D eigenvalue weighted by molar-refractivity contribution is 7.85. The Kier molecular flexibility index (Phi) is 13.9. The lowest BCUT2D eigenvalue weighted by Gasteiger charge is -2.20. The molecular weight excluding hydrogens is 504 g/mol. The zero-order chi connectivity index (χ0) is 28.6. The topological polar surface area (TPSA) is 84.9 Å². The Hall–Kier alpha value is -3.01. The van der Waals surface area contributed by atoms with Crippen LogP contribution in [-0.2, 0) is 22.1 Å². The number of nitriles is 1. The SMILES string of the molecule is CC(C)(c1ccccc1)[n+]1ccccc1C#N.CCCCCCCCCCCCc1ccc(S(=O)(=O)[O-])cc1. The number of nitrogens with zero attached hydrogens (tertiary/aromatic N) is 2. The molecule has 0 aliphatic rings. The van der Waals surface area contributed by atoms with Crippen molar-refractivity contribution in [1.82, 2.24) is 0 Å². The molecule has 0 fully saturated rings. The number of hydrogen-bond acceptors (Lipinski definition) is 4. The summed E-state index contributed by atoms with van der Waals surface area (Å²) in [6, 6.07) is 24.4. The summed E-state index contributed by atoms with van der Waals surface area (Å²) in [4.78, 5) is -0.140. The van der Waals surface area contributed by atoms with Crippen molar-refractivity contribution in [3.63, 3.8) is 0 Å². The van der Waals surface area contributed by atoms with Crippen LogP contribution in [0.3, 0.4) is 0 Å². The zero-order valence-corrected chi connectivity index (χ0v) is 24.6. The molecular formula is C33H44N2O3S. The first-order chi connectivity index (χ1) is 18.7. The van der Waals surface area contributed by atoms with Gasteiger partial charge in [-0.15, -0.1) is 0 Å². The van der Waals surface area contributed by atoms with Gasteiger partial charge in [0.05, 0.1) is 4.90 Å². The van der Waals surface area contributed by atoms with Crippen LogP contribution in [0.1, 0.15) is 102 Å². The highest BCUT2D eigenvalue weighted by atomic mass is 32.2. The quantitative estimate of drug-likeness (QED) is 0.117. The lowest BCUT2D eigenvalue weighted by Crippen LogP contribution is -2.54. The fourth-order valence-corrected chi connectivity index (χ4v) is 5.12. The molecule has 0 N–H and O–H groups in total. The molecule has 1 heterocycles. The van der Waals surface area contributed by atoms with Crippen molar-refractivity contribution in [1.29, 1.82) is 5.26 Å². The molecule has 1 aromatic heterocycles. The van der Waals surface area contributed by atoms with Gasteiger partial charge in [-0.25, -0.2) is 8.42 Å². The molecule has 6 heteroatoms. The number of pyridine rings is 1. The lowest BCUT2D eigenvalue weighted by molar-refractivity contribution is -0.749. The monoisotopic (exact) mass is 548 g/mol. The van der Waals surface area contributed by atoms with Gasteiger partial charge in [0.15, 0.2) is 17.8 Å². The van der Waals surface area contributed by atoms with Crippen molar-refractivity contribution in [3.05, 3.63) is 95.8 Å². The fraction of sp³-hybridized carbons (Fsp3) is 0.455. The zero-order valence-electron chi connectivity index (χ0n) is 23.8. The number of rotatable bonds is 14. The second-order valence-corrected chi connectivity index (χ2v) is 11.9. The minimum atomic E-state index is -4.31. The predicted octanol–water partition coefficient (Wildman–Crippen LogP) is 7.68. The van der Waals surface area contributed by atoms with Gasteiger partial charge in [-0.2, -0.15) is 9.83 Å². The Morgan fingerprint density at radius 3 is 1.85 bits per heavy atom. The predicted molar refractivity (Wildman–Crippen MR) is 156 cm³/mol. The normalized spacial score (nSPS) is 11.4. The molecule has 0 radical (unpaired) electrons. The molecule has 0 unspecified atom stereocenters. The number of unbranched alkanes of at least 4 members (excludes halogenated alkanes) is 9. The van der Waals surface area contributed by atoms with E-state index in [-0.39, 0.29) is 10.4 Å². The summed E-state index contributed by atoms with van der Waals surface area (Å²) in [5.41, 5.74) is 2.73. The van der Waals surface area contributed by atoms with Crippen LogP contribution in [0.2, 0.25) is 0 Å². The molecule has 2 aromatic carbocycles. The van der Waals surface area contributed by atoms with Gasteiger partial charge in [0.25, 0.3) is 5.69 Å². The summed E-state index contributed by atoms with van der Waals surface area (Å²) in [5, 5.41) is 9.16. The second kappa shape index (κ2) is 16.8. The Bertz CT molecular complexity index is 1250. The molecule has 3 aromatic rings. The first kappa shape index (κ1) is 32.2. The average Bonchev–Trinajstić information content (AvgIpc) is 2.94. The first-order valence-corrected chi connectivity index (χ1v) is 15.6. The van der Waals surface area contributed by atoms with Gasteiger partial charge in [0.2, 0.25) is 0 Å². The Morgan fingerprint density at radius 2 is 1.31 bits per heavy atom. The van der Waals surface area contributed by atoms with Crippen molar-refractivity contribution < 1.29 is 17.5 Å². The van der Waals surface area contributed by atoms with Crippen molar-refractivity contribution in [2.75, 3.05) is 0 Å². The van der Waals surface area contributed by atoms with Crippen molar-refractivity contribution in [2.24, 2.45) is 0 Å². The Balaban J connectivity index is 0.000000282. The maximum atomic E-state index is 10.8. The third-order valence-electron chi connectivity index (χ3n) is 7.09. The highest BCUT2D eigenvalue weighted by Crippen LogP contribution is 2.19. The molecule has 39 heavy (non-hydrogen) atoms. The third kappa shape index (κ3) is 11.3. The third-order valence-corrected chi connectivity index (χ3v) is 7.94. The van der Waals surface area contributed by atoms with Crippen LogP contribution >= 0.6 is 0 Å². The van der Waals surface area contributed by atoms with Gasteiger partial charge in [-0.3, -0.25) is 0 Å². The van der Waals surface area contributed by atoms with Gasteiger partial charge >= 0.3 is 0 Å². The molecule has 0 aliphatic carbocycles. The minimum Gasteiger partial charge on any atom is -0.744 e. The molecule has 0 bridgehead atoms. The number of aromatic nitrogens is 1. The lowest BCUT2D eigenvalue weighted by atomic mass is 9.93. The summed E-state index contributed by atoms with van der Waals surface area (Å²) in [5.74, 6) is 0. The molecule has 0 saturated carbocycles. The number of benzene rings is 2. The molecule has 0 amide bonds. The summed E-state index contributed by atoms with van der Waals surface area (Å²) >= 11 is 0. The highest BCUT2D eigenvalue weighted by Gasteiger charge is 2.32. The van der Waals surface area contributed by atoms with Gasteiger partial charge in [-0.1, -0.05) is 107 Å². The summed E-state index contributed by atoms with van der Waals surface area (Å²) in [6.07, 6.45) is 16.0. The van der Waals surface area contributed by atoms with Crippen LogP contribution in [0.4, 0.5) is 0 Å². The molecule has 210 valence electrons. The minimum absolute atomic E-state index is 0.140. The summed E-state index contributed by atoms with van der Waals surface area (Å²) in [7, 11) is -4.31. The van der Waals surface area contributed by atoms with Crippen LogP contribution in [0.25, 0.3) is 0 Å². The smallest absolute Gasteiger partial charge is 0.284 e. The maximum absolute atomic E-state index is 10.8. The standard InChI is InChI=1S/C18H30O3S.C15H15N2/c1-2-3-4-5-6-7-8-9-10-11-12-17-13-15-18(16-14-17)22(19,20)21;1-15(2,13-8-4-3-5-9-13)17-11-7-6-10-14(17)12-16/h13-16H,2-12H2,1H3,(H,19,20,21);3-11H,1-2H3/q;+1/p-1. The van der Waals surface area contributed by atoms with E-state index in [2.05, 4.69) is 39.0 Å². The van der Waals surface area contributed by atoms with E-state index >= 15 is 0 Å². The Labute approximate surface area is 236 Å². The van der Waals surface area contributed by atoms with E-state index in [1.54, 1.807) is 12.1 Å². The Morgan fingerprint density at radius 1 is 0.769 bits per heavy atom. The van der Waals surface area contributed by atoms with Crippen molar-refractivity contribution >= 4 is 10.1 Å². The summed E-state index contributed by atoms with van der Waals surface area (Å²) in [6.45, 7) is 6.47. The van der Waals surface area contributed by atoms with E-state index in [4.69, 9.17) is 5.26 Å². The summed E-state index contributed by atoms with van der Waals surface area (Å²) < 4.78 is 34.5. The van der Waals surface area contributed by atoms with Gasteiger partial charge in [-0.05, 0) is 36.6 Å². The van der Waals surface area contributed by atoms with Crippen LogP contribution in [0, 0.1) is 11.3 Å². The van der Waals surface area contributed by atoms with Crippen LogP contribution in [0.5, 0.6) is 0 Å². The first-order valence-electron chi connectivity index (χ1n) is 14.2. The van der Waals surface area contributed by atoms with E-state index in [1.807, 2.05) is 47.2 Å². The van der Waals surface area contributed by atoms with Crippen molar-refractivity contribution in [3.8, 4) is 6.07 Å². The number of aryl methyl sites for hydroxylation is 1. The maximum Gasteiger partial charge on any atom is 0.284 e. The molecule has 0 saturated heterocycles. The van der Waals surface area contributed by atoms with E-state index in [0.717, 1.165) is 18.4 Å². The van der Waals surface area contributed by atoms with Crippen molar-refractivity contribution in [2.45, 2.75) is 102 Å². The van der Waals surface area contributed by atoms with Gasteiger partial charge in [0.1, 0.15) is 10.1 Å². The van der Waals surface area contributed by atoms with Gasteiger partial charge in [0, 0.05) is 31.5 Å². The average molecular weight is 549 g/mol. The van der Waals surface area contributed by atoms with E-state index in [9.17, 15) is 13.0 Å². The molecule has 0 spiro atoms. The van der Waals surface area contributed by atoms with Gasteiger partial charge < -0.3 is 4.55 Å². The number of hydrogen-bond donors (Lipinski definition) is 0.